The van der Waals surface area contributed by atoms with E-state index in [0.717, 1.165) is 12.3 Å². The minimum absolute atomic E-state index is 0.967. The Labute approximate surface area is 85.1 Å². The number of nitrogens with zero attached hydrogens (tertiary/aromatic N) is 2. The smallest absolute Gasteiger partial charge is 0.138 e. The molecule has 78 valence electrons. The predicted molar refractivity (Wildman–Crippen MR) is 55.0 cm³/mol. The molecule has 0 atom stereocenters. The SMILES string of the molecule is Cc1oncc1CN1CCCCCC1. The summed E-state index contributed by atoms with van der Waals surface area (Å²) in [7, 11) is 0. The van der Waals surface area contributed by atoms with Crippen molar-refractivity contribution in [3.8, 4) is 0 Å². The zero-order valence-corrected chi connectivity index (χ0v) is 8.83. The van der Waals surface area contributed by atoms with Gasteiger partial charge in [-0.2, -0.15) is 0 Å². The molecule has 1 saturated heterocycles. The van der Waals surface area contributed by atoms with Crippen molar-refractivity contribution >= 4 is 0 Å². The van der Waals surface area contributed by atoms with Gasteiger partial charge in [0.15, 0.2) is 0 Å². The molecule has 1 aliphatic heterocycles. The molecular weight excluding hydrogens is 176 g/mol. The molecule has 0 spiro atoms. The molecule has 0 bridgehead atoms. The van der Waals surface area contributed by atoms with Crippen LogP contribution in [0.25, 0.3) is 0 Å². The molecule has 0 saturated carbocycles. The molecule has 0 N–H and O–H groups in total. The van der Waals surface area contributed by atoms with Gasteiger partial charge in [0.1, 0.15) is 5.76 Å². The minimum Gasteiger partial charge on any atom is -0.361 e. The molecule has 0 radical (unpaired) electrons. The van der Waals surface area contributed by atoms with Crippen LogP contribution in [0, 0.1) is 6.92 Å². The molecule has 1 aliphatic rings. The summed E-state index contributed by atoms with van der Waals surface area (Å²) < 4.78 is 5.06. The van der Waals surface area contributed by atoms with E-state index in [1.54, 1.807) is 0 Å². The first-order valence-electron chi connectivity index (χ1n) is 5.49. The second-order valence-electron chi connectivity index (χ2n) is 4.10. The van der Waals surface area contributed by atoms with E-state index in [9.17, 15) is 0 Å². The Bertz CT molecular complexity index is 275. The van der Waals surface area contributed by atoms with Crippen LogP contribution in [0.15, 0.2) is 10.7 Å². The highest BCUT2D eigenvalue weighted by Crippen LogP contribution is 2.14. The molecule has 0 amide bonds. The number of likely N-dealkylation sites (tertiary alicyclic amines) is 1. The zero-order chi connectivity index (χ0) is 9.80. The monoisotopic (exact) mass is 194 g/mol. The van der Waals surface area contributed by atoms with Crippen LogP contribution in [0.5, 0.6) is 0 Å². The van der Waals surface area contributed by atoms with Crippen molar-refractivity contribution in [1.82, 2.24) is 10.1 Å². The van der Waals surface area contributed by atoms with Gasteiger partial charge < -0.3 is 4.52 Å². The molecule has 0 unspecified atom stereocenters. The fourth-order valence-corrected chi connectivity index (χ4v) is 2.01. The summed E-state index contributed by atoms with van der Waals surface area (Å²) in [5, 5.41) is 3.81. The summed E-state index contributed by atoms with van der Waals surface area (Å²) in [6.07, 6.45) is 7.30. The van der Waals surface area contributed by atoms with Gasteiger partial charge in [0.25, 0.3) is 0 Å². The molecule has 0 aliphatic carbocycles. The predicted octanol–water partition coefficient (Wildman–Crippen LogP) is 2.36. The number of aryl methyl sites for hydroxylation is 1. The summed E-state index contributed by atoms with van der Waals surface area (Å²) in [5.74, 6) is 0.967. The second-order valence-corrected chi connectivity index (χ2v) is 4.10. The summed E-state index contributed by atoms with van der Waals surface area (Å²) in [4.78, 5) is 2.51. The highest BCUT2D eigenvalue weighted by atomic mass is 16.5. The molecule has 2 heterocycles. The van der Waals surface area contributed by atoms with Crippen molar-refractivity contribution in [3.05, 3.63) is 17.5 Å². The van der Waals surface area contributed by atoms with Crippen LogP contribution in [0.3, 0.4) is 0 Å². The lowest BCUT2D eigenvalue weighted by atomic mass is 10.2. The van der Waals surface area contributed by atoms with Gasteiger partial charge in [-0.25, -0.2) is 0 Å². The quantitative estimate of drug-likeness (QED) is 0.723. The number of hydrogen-bond donors (Lipinski definition) is 0. The van der Waals surface area contributed by atoms with Crippen LogP contribution in [0.2, 0.25) is 0 Å². The molecule has 1 aromatic rings. The van der Waals surface area contributed by atoms with Gasteiger partial charge in [0.05, 0.1) is 6.20 Å². The van der Waals surface area contributed by atoms with E-state index in [1.807, 2.05) is 13.1 Å². The lowest BCUT2D eigenvalue weighted by Gasteiger charge is -2.18. The Hall–Kier alpha value is -0.830. The van der Waals surface area contributed by atoms with Gasteiger partial charge in [0.2, 0.25) is 0 Å². The number of rotatable bonds is 2. The fraction of sp³-hybridized carbons (Fsp3) is 0.727. The number of hydrogen-bond acceptors (Lipinski definition) is 3. The maximum absolute atomic E-state index is 5.06. The van der Waals surface area contributed by atoms with E-state index in [-0.39, 0.29) is 0 Å². The largest absolute Gasteiger partial charge is 0.361 e. The fourth-order valence-electron chi connectivity index (χ4n) is 2.01. The van der Waals surface area contributed by atoms with Crippen molar-refractivity contribution in [3.63, 3.8) is 0 Å². The van der Waals surface area contributed by atoms with Crippen molar-refractivity contribution in [2.24, 2.45) is 0 Å². The van der Waals surface area contributed by atoms with Crippen molar-refractivity contribution in [1.29, 1.82) is 0 Å². The second kappa shape index (κ2) is 4.60. The maximum atomic E-state index is 5.06. The molecule has 3 heteroatoms. The lowest BCUT2D eigenvalue weighted by Crippen LogP contribution is -2.24. The first kappa shape index (κ1) is 9.71. The highest BCUT2D eigenvalue weighted by molar-refractivity contribution is 5.11. The first-order valence-corrected chi connectivity index (χ1v) is 5.49. The van der Waals surface area contributed by atoms with E-state index in [1.165, 1.54) is 44.3 Å². The maximum Gasteiger partial charge on any atom is 0.138 e. The Morgan fingerprint density at radius 2 is 2.00 bits per heavy atom. The summed E-state index contributed by atoms with van der Waals surface area (Å²) in [5.41, 5.74) is 1.24. The van der Waals surface area contributed by atoms with Gasteiger partial charge in [-0.05, 0) is 32.9 Å². The Kier molecular flexibility index (Phi) is 3.19. The normalized spacial score (nSPS) is 19.5. The third-order valence-corrected chi connectivity index (χ3v) is 2.94. The summed E-state index contributed by atoms with van der Waals surface area (Å²) in [6.45, 7) is 5.45. The van der Waals surface area contributed by atoms with Crippen LogP contribution in [-0.4, -0.2) is 23.1 Å². The van der Waals surface area contributed by atoms with Crippen LogP contribution < -0.4 is 0 Å². The highest BCUT2D eigenvalue weighted by Gasteiger charge is 2.12. The third kappa shape index (κ3) is 2.35. The number of aromatic nitrogens is 1. The molecule has 2 rings (SSSR count). The Morgan fingerprint density at radius 1 is 1.29 bits per heavy atom. The van der Waals surface area contributed by atoms with E-state index in [4.69, 9.17) is 4.52 Å². The van der Waals surface area contributed by atoms with Gasteiger partial charge in [-0.1, -0.05) is 18.0 Å². The standard InChI is InChI=1S/C11H18N2O/c1-10-11(8-12-14-10)9-13-6-4-2-3-5-7-13/h8H,2-7,9H2,1H3. The minimum atomic E-state index is 0.967. The zero-order valence-electron chi connectivity index (χ0n) is 8.83. The van der Waals surface area contributed by atoms with Gasteiger partial charge in [-0.15, -0.1) is 0 Å². The average Bonchev–Trinajstić information content (AvgIpc) is 2.44. The average molecular weight is 194 g/mol. The van der Waals surface area contributed by atoms with E-state index in [2.05, 4.69) is 10.1 Å². The first-order chi connectivity index (χ1) is 6.86. The van der Waals surface area contributed by atoms with Crippen LogP contribution in [-0.2, 0) is 6.54 Å². The lowest BCUT2D eigenvalue weighted by molar-refractivity contribution is 0.274. The van der Waals surface area contributed by atoms with Crippen LogP contribution in [0.1, 0.15) is 37.0 Å². The van der Waals surface area contributed by atoms with E-state index >= 15 is 0 Å². The third-order valence-electron chi connectivity index (χ3n) is 2.94. The summed E-state index contributed by atoms with van der Waals surface area (Å²) in [6, 6.07) is 0. The van der Waals surface area contributed by atoms with Gasteiger partial charge in [0, 0.05) is 12.1 Å². The van der Waals surface area contributed by atoms with Crippen LogP contribution in [0.4, 0.5) is 0 Å². The molecule has 0 aromatic carbocycles. The van der Waals surface area contributed by atoms with Crippen molar-refractivity contribution in [2.75, 3.05) is 13.1 Å². The molecule has 14 heavy (non-hydrogen) atoms. The van der Waals surface area contributed by atoms with E-state index < -0.39 is 0 Å². The molecular formula is C11H18N2O. The summed E-state index contributed by atoms with van der Waals surface area (Å²) >= 11 is 0. The Balaban J connectivity index is 1.92. The van der Waals surface area contributed by atoms with Gasteiger partial charge in [-0.3, -0.25) is 4.90 Å². The van der Waals surface area contributed by atoms with Crippen LogP contribution >= 0.6 is 0 Å². The topological polar surface area (TPSA) is 29.3 Å². The molecule has 3 nitrogen and oxygen atoms in total. The Morgan fingerprint density at radius 3 is 2.57 bits per heavy atom. The molecule has 1 aromatic heterocycles. The van der Waals surface area contributed by atoms with E-state index in [0.29, 0.717) is 0 Å². The molecule has 1 fully saturated rings. The van der Waals surface area contributed by atoms with Crippen molar-refractivity contribution in [2.45, 2.75) is 39.2 Å². The van der Waals surface area contributed by atoms with Gasteiger partial charge >= 0.3 is 0 Å². The van der Waals surface area contributed by atoms with Crippen molar-refractivity contribution < 1.29 is 4.52 Å².